The fourth-order valence-corrected chi connectivity index (χ4v) is 2.44. The summed E-state index contributed by atoms with van der Waals surface area (Å²) in [6.07, 6.45) is 0.315. The fraction of sp³-hybridized carbons (Fsp3) is 0.118. The second-order valence-corrected chi connectivity index (χ2v) is 5.10. The molecule has 3 amide bonds. The van der Waals surface area contributed by atoms with Crippen LogP contribution >= 0.6 is 0 Å². The Labute approximate surface area is 131 Å². The molecule has 1 aliphatic rings. The quantitative estimate of drug-likeness (QED) is 0.886. The minimum Gasteiger partial charge on any atom is -0.320 e. The summed E-state index contributed by atoms with van der Waals surface area (Å²) in [4.78, 5) is 37.1. The second-order valence-electron chi connectivity index (χ2n) is 5.10. The third-order valence-corrected chi connectivity index (χ3v) is 3.53. The van der Waals surface area contributed by atoms with E-state index in [1.54, 1.807) is 24.3 Å². The van der Waals surface area contributed by atoms with Gasteiger partial charge in [-0.15, -0.1) is 0 Å². The van der Waals surface area contributed by atoms with Gasteiger partial charge in [-0.2, -0.15) is 0 Å². The molecule has 6 heteroatoms. The monoisotopic (exact) mass is 312 g/mol. The van der Waals surface area contributed by atoms with Crippen molar-refractivity contribution in [3.8, 4) is 0 Å². The highest BCUT2D eigenvalue weighted by molar-refractivity contribution is 6.22. The van der Waals surface area contributed by atoms with Crippen LogP contribution in [0.1, 0.15) is 23.2 Å². The predicted molar refractivity (Wildman–Crippen MR) is 82.5 cm³/mol. The molecule has 0 bridgehead atoms. The third kappa shape index (κ3) is 2.96. The first-order valence-corrected chi connectivity index (χ1v) is 7.08. The number of nitrogens with one attached hydrogen (secondary N) is 1. The lowest BCUT2D eigenvalue weighted by Gasteiger charge is -2.18. The minimum atomic E-state index is -0.518. The van der Waals surface area contributed by atoms with E-state index >= 15 is 0 Å². The van der Waals surface area contributed by atoms with Gasteiger partial charge in [0.15, 0.2) is 0 Å². The summed E-state index contributed by atoms with van der Waals surface area (Å²) >= 11 is 0. The van der Waals surface area contributed by atoms with Crippen LogP contribution in [0, 0.1) is 5.82 Å². The topological polar surface area (TPSA) is 66.5 Å². The highest BCUT2D eigenvalue weighted by Gasteiger charge is 2.31. The summed E-state index contributed by atoms with van der Waals surface area (Å²) in [5.41, 5.74) is 0.800. The summed E-state index contributed by atoms with van der Waals surface area (Å²) in [6.45, 7) is 0. The van der Waals surface area contributed by atoms with Gasteiger partial charge in [-0.3, -0.25) is 14.4 Å². The molecule has 1 aliphatic heterocycles. The lowest BCUT2D eigenvalue weighted by molar-refractivity contribution is -0.121. The van der Waals surface area contributed by atoms with Crippen molar-refractivity contribution < 1.29 is 18.8 Å². The summed E-state index contributed by atoms with van der Waals surface area (Å²) in [5, 5.41) is 2.62. The summed E-state index contributed by atoms with van der Waals surface area (Å²) < 4.78 is 13.2. The van der Waals surface area contributed by atoms with Crippen molar-refractivity contribution in [3.63, 3.8) is 0 Å². The molecule has 1 heterocycles. The number of amides is 3. The minimum absolute atomic E-state index is 0.152. The fourth-order valence-electron chi connectivity index (χ4n) is 2.44. The number of rotatable bonds is 3. The molecule has 2 aromatic rings. The van der Waals surface area contributed by atoms with Crippen LogP contribution in [0.3, 0.4) is 0 Å². The molecule has 1 N–H and O–H groups in total. The average Bonchev–Trinajstić information content (AvgIpc) is 2.87. The van der Waals surface area contributed by atoms with Crippen molar-refractivity contribution in [1.29, 1.82) is 0 Å². The largest absolute Gasteiger partial charge is 0.320 e. The molecule has 2 aromatic carbocycles. The van der Waals surface area contributed by atoms with Crippen LogP contribution in [0.25, 0.3) is 0 Å². The molecule has 116 valence electrons. The first kappa shape index (κ1) is 14.9. The average molecular weight is 312 g/mol. The smallest absolute Gasteiger partial charge is 0.255 e. The van der Waals surface area contributed by atoms with E-state index in [2.05, 4.69) is 5.32 Å². The normalized spacial score (nSPS) is 14.2. The highest BCUT2D eigenvalue weighted by Crippen LogP contribution is 2.30. The van der Waals surface area contributed by atoms with E-state index in [1.165, 1.54) is 18.2 Å². The van der Waals surface area contributed by atoms with Crippen LogP contribution in [-0.2, 0) is 9.59 Å². The number of hydrogen-bond donors (Lipinski definition) is 1. The Balaban J connectivity index is 1.91. The van der Waals surface area contributed by atoms with Gasteiger partial charge in [0, 0.05) is 18.4 Å². The number of para-hydroxylation sites is 2. The zero-order chi connectivity index (χ0) is 16.4. The Hall–Kier alpha value is -3.02. The molecule has 0 saturated carbocycles. The second kappa shape index (κ2) is 6.00. The van der Waals surface area contributed by atoms with Gasteiger partial charge in [-0.05, 0) is 30.3 Å². The number of carbonyl (C=O) groups excluding carboxylic acids is 3. The summed E-state index contributed by atoms with van der Waals surface area (Å²) in [6, 6.07) is 11.8. The Morgan fingerprint density at radius 2 is 1.70 bits per heavy atom. The van der Waals surface area contributed by atoms with Gasteiger partial charge in [0.1, 0.15) is 5.82 Å². The highest BCUT2D eigenvalue weighted by atomic mass is 19.1. The van der Waals surface area contributed by atoms with Gasteiger partial charge in [0.05, 0.1) is 11.4 Å². The van der Waals surface area contributed by atoms with Crippen molar-refractivity contribution in [2.75, 3.05) is 10.2 Å². The molecular weight excluding hydrogens is 299 g/mol. The van der Waals surface area contributed by atoms with Gasteiger partial charge >= 0.3 is 0 Å². The zero-order valence-electron chi connectivity index (χ0n) is 12.1. The molecule has 1 saturated heterocycles. The van der Waals surface area contributed by atoms with Crippen molar-refractivity contribution in [2.45, 2.75) is 12.8 Å². The van der Waals surface area contributed by atoms with Crippen molar-refractivity contribution in [1.82, 2.24) is 0 Å². The van der Waals surface area contributed by atoms with E-state index in [4.69, 9.17) is 0 Å². The molecule has 5 nitrogen and oxygen atoms in total. The third-order valence-electron chi connectivity index (χ3n) is 3.53. The summed E-state index contributed by atoms with van der Waals surface area (Å²) in [7, 11) is 0. The molecule has 0 unspecified atom stereocenters. The first-order valence-electron chi connectivity index (χ1n) is 7.08. The maximum atomic E-state index is 13.2. The standard InChI is InChI=1S/C17H13FN2O3/c18-12-5-3-4-11(10-12)17(23)19-13-6-1-2-7-14(13)20-15(21)8-9-16(20)22/h1-7,10H,8-9H2,(H,19,23). The van der Waals surface area contributed by atoms with Crippen LogP contribution in [0.15, 0.2) is 48.5 Å². The molecular formula is C17H13FN2O3. The van der Waals surface area contributed by atoms with E-state index in [1.807, 2.05) is 0 Å². The van der Waals surface area contributed by atoms with E-state index in [-0.39, 0.29) is 30.2 Å². The van der Waals surface area contributed by atoms with E-state index in [0.29, 0.717) is 11.4 Å². The Morgan fingerprint density at radius 1 is 1.00 bits per heavy atom. The molecule has 0 aliphatic carbocycles. The van der Waals surface area contributed by atoms with Gasteiger partial charge in [0.2, 0.25) is 11.8 Å². The first-order chi connectivity index (χ1) is 11.1. The number of nitrogens with zero attached hydrogens (tertiary/aromatic N) is 1. The van der Waals surface area contributed by atoms with Crippen LogP contribution in [0.5, 0.6) is 0 Å². The van der Waals surface area contributed by atoms with Crippen molar-refractivity contribution >= 4 is 29.1 Å². The Kier molecular flexibility index (Phi) is 3.89. The molecule has 0 spiro atoms. The number of benzene rings is 2. The van der Waals surface area contributed by atoms with Crippen LogP contribution in [0.4, 0.5) is 15.8 Å². The van der Waals surface area contributed by atoms with Crippen molar-refractivity contribution in [3.05, 3.63) is 59.9 Å². The van der Waals surface area contributed by atoms with Gasteiger partial charge in [-0.25, -0.2) is 9.29 Å². The van der Waals surface area contributed by atoms with E-state index < -0.39 is 11.7 Å². The number of anilines is 2. The van der Waals surface area contributed by atoms with Crippen molar-refractivity contribution in [2.24, 2.45) is 0 Å². The van der Waals surface area contributed by atoms with Crippen LogP contribution < -0.4 is 10.2 Å². The zero-order valence-corrected chi connectivity index (χ0v) is 12.1. The molecule has 23 heavy (non-hydrogen) atoms. The molecule has 0 atom stereocenters. The predicted octanol–water partition coefficient (Wildman–Crippen LogP) is 2.73. The lowest BCUT2D eigenvalue weighted by Crippen LogP contribution is -2.29. The number of hydrogen-bond acceptors (Lipinski definition) is 3. The SMILES string of the molecule is O=C(Nc1ccccc1N1C(=O)CCC1=O)c1cccc(F)c1. The maximum Gasteiger partial charge on any atom is 0.255 e. The van der Waals surface area contributed by atoms with Gasteiger partial charge < -0.3 is 5.32 Å². The van der Waals surface area contributed by atoms with Crippen LogP contribution in [0.2, 0.25) is 0 Å². The molecule has 0 aromatic heterocycles. The van der Waals surface area contributed by atoms with Gasteiger partial charge in [-0.1, -0.05) is 18.2 Å². The number of carbonyl (C=O) groups is 3. The molecule has 1 fully saturated rings. The maximum absolute atomic E-state index is 13.2. The summed E-state index contributed by atoms with van der Waals surface area (Å²) in [5.74, 6) is -1.64. The Bertz CT molecular complexity index is 788. The van der Waals surface area contributed by atoms with E-state index in [9.17, 15) is 18.8 Å². The number of halogens is 1. The van der Waals surface area contributed by atoms with Gasteiger partial charge in [0.25, 0.3) is 5.91 Å². The molecule has 0 radical (unpaired) electrons. The van der Waals surface area contributed by atoms with Crippen LogP contribution in [-0.4, -0.2) is 17.7 Å². The lowest BCUT2D eigenvalue weighted by atomic mass is 10.2. The number of imide groups is 1. The Morgan fingerprint density at radius 3 is 2.39 bits per heavy atom. The molecule has 3 rings (SSSR count). The van der Waals surface area contributed by atoms with E-state index in [0.717, 1.165) is 11.0 Å².